The van der Waals surface area contributed by atoms with Crippen LogP contribution in [0, 0.1) is 0 Å². The summed E-state index contributed by atoms with van der Waals surface area (Å²) in [5.41, 5.74) is -0.0272. The molecule has 1 rings (SSSR count). The molecule has 0 radical (unpaired) electrons. The van der Waals surface area contributed by atoms with Crippen LogP contribution in [0.15, 0.2) is 30.3 Å². The minimum atomic E-state index is -0.660. The van der Waals surface area contributed by atoms with Gasteiger partial charge in [-0.15, -0.1) is 0 Å². The van der Waals surface area contributed by atoms with E-state index < -0.39 is 5.44 Å². The van der Waals surface area contributed by atoms with Crippen LogP contribution in [0.2, 0.25) is 0 Å². The zero-order valence-corrected chi connectivity index (χ0v) is 11.1. The Labute approximate surface area is 106 Å². The highest BCUT2D eigenvalue weighted by Crippen LogP contribution is 2.17. The minimum absolute atomic E-state index is 0. The maximum Gasteiger partial charge on any atom is 0.222 e. The van der Waals surface area contributed by atoms with E-state index in [1.165, 1.54) is 0 Å². The van der Waals surface area contributed by atoms with Crippen LogP contribution in [0.3, 0.4) is 0 Å². The summed E-state index contributed by atoms with van der Waals surface area (Å²) in [6.45, 7) is 0.545. The Morgan fingerprint density at radius 2 is 1.82 bits per heavy atom. The predicted octanol–water partition coefficient (Wildman–Crippen LogP) is 1.41. The van der Waals surface area contributed by atoms with Gasteiger partial charge in [-0.3, -0.25) is 4.79 Å². The Kier molecular flexibility index (Phi) is 6.41. The number of hydrogen-bond donors (Lipinski definition) is 1. The molecular formula is C12H19NO3S. The average Bonchev–Trinajstić information content (AvgIpc) is 2.16. The standard InChI is InChI=1S/C12H18NO2S.H2O/c1-13(2,3)9-11(14)16-12(15)10-7-5-4-6-8-10;/h4-8,11,14H,9H2,1-3H3;1H2/q+1;/p-1. The average molecular weight is 257 g/mol. The van der Waals surface area contributed by atoms with Gasteiger partial charge in [0.2, 0.25) is 5.12 Å². The lowest BCUT2D eigenvalue weighted by Gasteiger charge is -2.25. The van der Waals surface area contributed by atoms with Gasteiger partial charge >= 0.3 is 0 Å². The molecule has 5 heteroatoms. The van der Waals surface area contributed by atoms with Gasteiger partial charge in [0.05, 0.1) is 21.1 Å². The Morgan fingerprint density at radius 1 is 1.29 bits per heavy atom. The number of likely N-dealkylation sites (N-methyl/N-ethyl adjacent to an activating group) is 1. The molecule has 0 aliphatic rings. The van der Waals surface area contributed by atoms with Crippen LogP contribution >= 0.6 is 11.8 Å². The first-order chi connectivity index (χ1) is 7.38. The normalized spacial score (nSPS) is 12.7. The number of carbonyl (C=O) groups is 1. The van der Waals surface area contributed by atoms with Crippen molar-refractivity contribution in [3.8, 4) is 0 Å². The van der Waals surface area contributed by atoms with Gasteiger partial charge in [0.25, 0.3) is 0 Å². The van der Waals surface area contributed by atoms with Gasteiger partial charge in [-0.25, -0.2) is 0 Å². The lowest BCUT2D eigenvalue weighted by Crippen LogP contribution is -2.40. The molecule has 96 valence electrons. The number of carbonyl (C=O) groups excluding carboxylic acids is 1. The van der Waals surface area contributed by atoms with E-state index in [9.17, 15) is 9.90 Å². The van der Waals surface area contributed by atoms with E-state index in [4.69, 9.17) is 0 Å². The molecule has 1 aromatic carbocycles. The van der Waals surface area contributed by atoms with Crippen molar-refractivity contribution in [3.63, 3.8) is 0 Å². The first-order valence-corrected chi connectivity index (χ1v) is 6.01. The smallest absolute Gasteiger partial charge is 0.222 e. The molecule has 0 aliphatic carbocycles. The maximum absolute atomic E-state index is 11.7. The minimum Gasteiger partial charge on any atom is -0.870 e. The van der Waals surface area contributed by atoms with Crippen LogP contribution in [0.5, 0.6) is 0 Å². The molecule has 0 aliphatic heterocycles. The molecule has 2 N–H and O–H groups in total. The van der Waals surface area contributed by atoms with Gasteiger partial charge < -0.3 is 15.1 Å². The number of benzene rings is 1. The second-order valence-corrected chi connectivity index (χ2v) is 5.85. The Balaban J connectivity index is 0.00000256. The van der Waals surface area contributed by atoms with Gasteiger partial charge in [0.1, 0.15) is 6.54 Å². The fourth-order valence-electron chi connectivity index (χ4n) is 1.27. The molecule has 1 unspecified atom stereocenters. The predicted molar refractivity (Wildman–Crippen MR) is 69.2 cm³/mol. The fraction of sp³-hybridized carbons (Fsp3) is 0.417. The largest absolute Gasteiger partial charge is 0.870 e. The fourth-order valence-corrected chi connectivity index (χ4v) is 2.31. The number of nitrogens with zero attached hydrogens (tertiary/aromatic N) is 1. The summed E-state index contributed by atoms with van der Waals surface area (Å²) in [6.07, 6.45) is 0. The third-order valence-electron chi connectivity index (χ3n) is 1.96. The molecule has 0 saturated heterocycles. The zero-order chi connectivity index (χ0) is 12.2. The van der Waals surface area contributed by atoms with Gasteiger partial charge in [0, 0.05) is 5.56 Å². The summed E-state index contributed by atoms with van der Waals surface area (Å²) in [5, 5.41) is 9.66. The van der Waals surface area contributed by atoms with E-state index >= 15 is 0 Å². The highest BCUT2D eigenvalue weighted by atomic mass is 32.2. The van der Waals surface area contributed by atoms with Crippen molar-refractivity contribution in [3.05, 3.63) is 35.9 Å². The highest BCUT2D eigenvalue weighted by molar-refractivity contribution is 8.14. The first kappa shape index (κ1) is 16.1. The Hall–Kier alpha value is -0.880. The number of hydrogen-bond acceptors (Lipinski definition) is 4. The number of aliphatic hydroxyl groups excluding tert-OH is 1. The summed E-state index contributed by atoms with van der Waals surface area (Å²) >= 11 is 0.981. The SMILES string of the molecule is C[N+](C)(C)CC(O)SC(=O)c1ccccc1.[OH-]. The molecular weight excluding hydrogens is 238 g/mol. The second kappa shape index (κ2) is 6.76. The van der Waals surface area contributed by atoms with Crippen molar-refractivity contribution in [2.45, 2.75) is 5.44 Å². The van der Waals surface area contributed by atoms with Crippen LogP contribution in [-0.2, 0) is 0 Å². The Bertz CT molecular complexity index is 349. The molecule has 0 amide bonds. The summed E-state index contributed by atoms with van der Waals surface area (Å²) in [7, 11) is 5.95. The van der Waals surface area contributed by atoms with Crippen LogP contribution in [-0.4, -0.2) is 53.3 Å². The monoisotopic (exact) mass is 257 g/mol. The van der Waals surface area contributed by atoms with E-state index in [1.54, 1.807) is 12.1 Å². The van der Waals surface area contributed by atoms with Crippen molar-refractivity contribution in [2.24, 2.45) is 0 Å². The van der Waals surface area contributed by atoms with E-state index in [1.807, 2.05) is 39.3 Å². The van der Waals surface area contributed by atoms with E-state index in [0.717, 1.165) is 11.8 Å². The third-order valence-corrected chi connectivity index (χ3v) is 2.83. The molecule has 1 aromatic rings. The molecule has 1 atom stereocenters. The summed E-state index contributed by atoms with van der Waals surface area (Å²) in [4.78, 5) is 11.7. The zero-order valence-electron chi connectivity index (χ0n) is 10.3. The molecule has 4 nitrogen and oxygen atoms in total. The highest BCUT2D eigenvalue weighted by Gasteiger charge is 2.19. The molecule has 0 aromatic heterocycles. The molecule has 0 fully saturated rings. The van der Waals surface area contributed by atoms with E-state index in [0.29, 0.717) is 16.6 Å². The molecule has 0 bridgehead atoms. The van der Waals surface area contributed by atoms with Crippen molar-refractivity contribution in [2.75, 3.05) is 27.7 Å². The topological polar surface area (TPSA) is 67.3 Å². The lowest BCUT2D eigenvalue weighted by atomic mass is 10.2. The van der Waals surface area contributed by atoms with E-state index in [-0.39, 0.29) is 10.6 Å². The number of aliphatic hydroxyl groups is 1. The lowest BCUT2D eigenvalue weighted by molar-refractivity contribution is -0.871. The van der Waals surface area contributed by atoms with Gasteiger partial charge in [-0.1, -0.05) is 30.3 Å². The molecule has 0 spiro atoms. The van der Waals surface area contributed by atoms with Crippen LogP contribution < -0.4 is 0 Å². The van der Waals surface area contributed by atoms with Crippen LogP contribution in [0.4, 0.5) is 0 Å². The van der Waals surface area contributed by atoms with Crippen molar-refractivity contribution >= 4 is 16.9 Å². The van der Waals surface area contributed by atoms with E-state index in [2.05, 4.69) is 0 Å². The van der Waals surface area contributed by atoms with Crippen molar-refractivity contribution < 1.29 is 19.9 Å². The molecule has 0 heterocycles. The van der Waals surface area contributed by atoms with Crippen molar-refractivity contribution in [1.82, 2.24) is 0 Å². The quantitative estimate of drug-likeness (QED) is 0.654. The maximum atomic E-state index is 11.7. The Morgan fingerprint density at radius 3 is 2.29 bits per heavy atom. The van der Waals surface area contributed by atoms with Gasteiger partial charge in [-0.05, 0) is 11.8 Å². The summed E-state index contributed by atoms with van der Waals surface area (Å²) in [5.74, 6) is 0. The van der Waals surface area contributed by atoms with Crippen LogP contribution in [0.1, 0.15) is 10.4 Å². The summed E-state index contributed by atoms with van der Waals surface area (Å²) < 4.78 is 0.635. The first-order valence-electron chi connectivity index (χ1n) is 5.13. The number of rotatable bonds is 4. The second-order valence-electron chi connectivity index (χ2n) is 4.70. The molecule has 17 heavy (non-hydrogen) atoms. The third kappa shape index (κ3) is 6.43. The molecule has 0 saturated carbocycles. The van der Waals surface area contributed by atoms with Gasteiger partial charge in [0.15, 0.2) is 5.44 Å². The summed E-state index contributed by atoms with van der Waals surface area (Å²) in [6, 6.07) is 9.02. The van der Waals surface area contributed by atoms with Crippen molar-refractivity contribution in [1.29, 1.82) is 0 Å². The number of thioether (sulfide) groups is 1. The number of quaternary nitrogens is 1. The van der Waals surface area contributed by atoms with Crippen LogP contribution in [0.25, 0.3) is 0 Å². The van der Waals surface area contributed by atoms with Gasteiger partial charge in [-0.2, -0.15) is 0 Å².